The molecule has 0 saturated heterocycles. The minimum atomic E-state index is -1.20. The molecule has 0 aliphatic rings. The number of benzene rings is 1. The van der Waals surface area contributed by atoms with Crippen LogP contribution in [0.1, 0.15) is 46.1 Å². The molecule has 34 heavy (non-hydrogen) atoms. The molecule has 0 aliphatic carbocycles. The Balaban J connectivity index is 3.12. The van der Waals surface area contributed by atoms with Gasteiger partial charge in [0.1, 0.15) is 24.2 Å². The van der Waals surface area contributed by atoms with Crippen molar-refractivity contribution in [2.45, 2.75) is 71.1 Å². The van der Waals surface area contributed by atoms with Crippen molar-refractivity contribution in [3.63, 3.8) is 0 Å². The molecule has 0 bridgehead atoms. The fourth-order valence-corrected chi connectivity index (χ4v) is 3.30. The number of carbonyl (C=O) groups is 4. The smallest absolute Gasteiger partial charge is 0.326 e. The minimum absolute atomic E-state index is 0.135. The molecule has 0 aliphatic heterocycles. The summed E-state index contributed by atoms with van der Waals surface area (Å²) in [7, 11) is 0. The fourth-order valence-electron chi connectivity index (χ4n) is 3.30. The molecule has 6 unspecified atom stereocenters. The number of hydrogen-bond acceptors (Lipinski definition) is 6. The van der Waals surface area contributed by atoms with E-state index in [2.05, 4.69) is 16.0 Å². The summed E-state index contributed by atoms with van der Waals surface area (Å²) in [5.74, 6) is -3.68. The van der Waals surface area contributed by atoms with E-state index in [1.807, 2.05) is 19.9 Å². The minimum Gasteiger partial charge on any atom is -0.480 e. The van der Waals surface area contributed by atoms with E-state index in [0.29, 0.717) is 12.8 Å². The number of aliphatic carboxylic acids is 1. The van der Waals surface area contributed by atoms with Crippen LogP contribution in [0.2, 0.25) is 0 Å². The zero-order valence-electron chi connectivity index (χ0n) is 20.3. The van der Waals surface area contributed by atoms with Gasteiger partial charge in [-0.1, -0.05) is 70.9 Å². The monoisotopic (exact) mass is 478 g/mol. The Hall–Kier alpha value is -2.98. The van der Waals surface area contributed by atoms with Crippen molar-refractivity contribution >= 4 is 23.7 Å². The summed E-state index contributed by atoms with van der Waals surface area (Å²) < 4.78 is 0. The topological polar surface area (TPSA) is 171 Å². The highest BCUT2D eigenvalue weighted by Crippen LogP contribution is 2.13. The number of nitrogens with one attached hydrogen (secondary N) is 3. The fraction of sp³-hybridized carbons (Fsp3) is 0.583. The first-order valence-corrected chi connectivity index (χ1v) is 11.6. The molecule has 1 aromatic rings. The predicted octanol–water partition coefficient (Wildman–Crippen LogP) is 0.180. The molecule has 0 saturated carbocycles. The predicted molar refractivity (Wildman–Crippen MR) is 128 cm³/mol. The second-order valence-corrected chi connectivity index (χ2v) is 8.62. The first kappa shape index (κ1) is 29.1. The summed E-state index contributed by atoms with van der Waals surface area (Å²) in [6.07, 6.45) is 1.23. The highest BCUT2D eigenvalue weighted by atomic mass is 16.4. The van der Waals surface area contributed by atoms with Crippen LogP contribution >= 0.6 is 0 Å². The maximum Gasteiger partial charge on any atom is 0.326 e. The number of carbonyl (C=O) groups excluding carboxylic acids is 3. The van der Waals surface area contributed by atoms with Gasteiger partial charge in [0.05, 0.1) is 6.61 Å². The van der Waals surface area contributed by atoms with Crippen molar-refractivity contribution in [1.82, 2.24) is 16.0 Å². The Kier molecular flexibility index (Phi) is 12.2. The summed E-state index contributed by atoms with van der Waals surface area (Å²) >= 11 is 0. The zero-order valence-corrected chi connectivity index (χ0v) is 20.3. The van der Waals surface area contributed by atoms with Crippen LogP contribution in [0.15, 0.2) is 30.3 Å². The third-order valence-electron chi connectivity index (χ3n) is 6.02. The van der Waals surface area contributed by atoms with Crippen molar-refractivity contribution in [2.24, 2.45) is 17.6 Å². The lowest BCUT2D eigenvalue weighted by Crippen LogP contribution is -2.59. The van der Waals surface area contributed by atoms with Gasteiger partial charge < -0.3 is 31.9 Å². The number of amides is 3. The first-order valence-electron chi connectivity index (χ1n) is 11.6. The number of hydrogen-bond donors (Lipinski definition) is 6. The van der Waals surface area contributed by atoms with E-state index >= 15 is 0 Å². The molecule has 1 aromatic carbocycles. The molecule has 190 valence electrons. The van der Waals surface area contributed by atoms with Gasteiger partial charge in [-0.3, -0.25) is 14.4 Å². The lowest BCUT2D eigenvalue weighted by Gasteiger charge is -2.29. The van der Waals surface area contributed by atoms with E-state index < -0.39 is 54.5 Å². The summed E-state index contributed by atoms with van der Waals surface area (Å²) in [6.45, 7) is 6.59. The van der Waals surface area contributed by atoms with E-state index in [1.165, 1.54) is 0 Å². The second kappa shape index (κ2) is 14.3. The Morgan fingerprint density at radius 3 is 1.88 bits per heavy atom. The van der Waals surface area contributed by atoms with Gasteiger partial charge in [0.15, 0.2) is 0 Å². The van der Waals surface area contributed by atoms with E-state index in [9.17, 15) is 29.4 Å². The van der Waals surface area contributed by atoms with Gasteiger partial charge in [-0.25, -0.2) is 4.79 Å². The Labute approximate surface area is 200 Å². The lowest BCUT2D eigenvalue weighted by molar-refractivity contribution is -0.144. The van der Waals surface area contributed by atoms with Gasteiger partial charge in [-0.2, -0.15) is 0 Å². The van der Waals surface area contributed by atoms with E-state index in [4.69, 9.17) is 5.73 Å². The van der Waals surface area contributed by atoms with Gasteiger partial charge in [0.25, 0.3) is 0 Å². The number of nitrogens with two attached hydrogens (primary N) is 1. The standard InChI is InChI=1S/C24H38N4O6/c1-5-14(3)19(23(32)28-20(24(33)34)15(4)6-2)27-22(31)18(26-21(30)17(25)13-29)12-16-10-8-7-9-11-16/h7-11,14-15,17-20,29H,5-6,12-13,25H2,1-4H3,(H,26,30)(H,27,31)(H,28,32)(H,33,34). The Bertz CT molecular complexity index is 819. The quantitative estimate of drug-likeness (QED) is 0.221. The average Bonchev–Trinajstić information content (AvgIpc) is 2.83. The average molecular weight is 479 g/mol. The molecule has 0 heterocycles. The van der Waals surface area contributed by atoms with Crippen LogP contribution in [0.3, 0.4) is 0 Å². The molecule has 0 fully saturated rings. The van der Waals surface area contributed by atoms with E-state index in [1.54, 1.807) is 38.1 Å². The van der Waals surface area contributed by atoms with Gasteiger partial charge in [-0.05, 0) is 17.4 Å². The van der Waals surface area contributed by atoms with E-state index in [-0.39, 0.29) is 18.3 Å². The molecule has 6 atom stereocenters. The number of aliphatic hydroxyl groups is 1. The maximum atomic E-state index is 13.2. The molecule has 10 heteroatoms. The van der Waals surface area contributed by atoms with Gasteiger partial charge in [0.2, 0.25) is 17.7 Å². The maximum absolute atomic E-state index is 13.2. The summed E-state index contributed by atoms with van der Waals surface area (Å²) in [5, 5.41) is 26.5. The Morgan fingerprint density at radius 1 is 0.853 bits per heavy atom. The number of carboxylic acids is 1. The molecule has 3 amide bonds. The highest BCUT2D eigenvalue weighted by Gasteiger charge is 2.34. The highest BCUT2D eigenvalue weighted by molar-refractivity contribution is 5.94. The molecule has 1 rings (SSSR count). The Morgan fingerprint density at radius 2 is 1.38 bits per heavy atom. The van der Waals surface area contributed by atoms with E-state index in [0.717, 1.165) is 5.56 Å². The van der Waals surface area contributed by atoms with Gasteiger partial charge in [-0.15, -0.1) is 0 Å². The molecule has 0 spiro atoms. The van der Waals surface area contributed by atoms with Crippen LogP contribution in [0.25, 0.3) is 0 Å². The van der Waals surface area contributed by atoms with Crippen LogP contribution in [0, 0.1) is 11.8 Å². The van der Waals surface area contributed by atoms with Crippen molar-refractivity contribution in [3.8, 4) is 0 Å². The molecule has 0 radical (unpaired) electrons. The van der Waals surface area contributed by atoms with Crippen molar-refractivity contribution < 1.29 is 29.4 Å². The number of carboxylic acid groups (broad SMARTS) is 1. The molecular weight excluding hydrogens is 440 g/mol. The second-order valence-electron chi connectivity index (χ2n) is 8.62. The lowest BCUT2D eigenvalue weighted by atomic mass is 9.95. The normalized spacial score (nSPS) is 16.3. The summed E-state index contributed by atoms with van der Waals surface area (Å²) in [5.41, 5.74) is 6.36. The number of aliphatic hydroxyl groups excluding tert-OH is 1. The molecule has 7 N–H and O–H groups in total. The van der Waals surface area contributed by atoms with Gasteiger partial charge in [0, 0.05) is 6.42 Å². The summed E-state index contributed by atoms with van der Waals surface area (Å²) in [4.78, 5) is 50.2. The van der Waals surface area contributed by atoms with Crippen molar-refractivity contribution in [3.05, 3.63) is 35.9 Å². The number of rotatable bonds is 14. The summed E-state index contributed by atoms with van der Waals surface area (Å²) in [6, 6.07) is 4.63. The van der Waals surface area contributed by atoms with Crippen LogP contribution in [-0.2, 0) is 25.6 Å². The largest absolute Gasteiger partial charge is 0.480 e. The zero-order chi connectivity index (χ0) is 25.8. The molecule has 10 nitrogen and oxygen atoms in total. The SMILES string of the molecule is CCC(C)C(NC(=O)C(NC(=O)C(Cc1ccccc1)NC(=O)C(N)CO)C(C)CC)C(=O)O. The van der Waals surface area contributed by atoms with Crippen LogP contribution in [-0.4, -0.2) is 64.7 Å². The van der Waals surface area contributed by atoms with Crippen LogP contribution in [0.5, 0.6) is 0 Å². The first-order chi connectivity index (χ1) is 16.0. The third-order valence-corrected chi connectivity index (χ3v) is 6.02. The van der Waals surface area contributed by atoms with Crippen LogP contribution < -0.4 is 21.7 Å². The molecular formula is C24H38N4O6. The van der Waals surface area contributed by atoms with Crippen molar-refractivity contribution in [2.75, 3.05) is 6.61 Å². The van der Waals surface area contributed by atoms with Gasteiger partial charge >= 0.3 is 5.97 Å². The van der Waals surface area contributed by atoms with Crippen LogP contribution in [0.4, 0.5) is 0 Å². The molecule has 0 aromatic heterocycles. The van der Waals surface area contributed by atoms with Crippen molar-refractivity contribution in [1.29, 1.82) is 0 Å². The third kappa shape index (κ3) is 8.75.